The maximum atomic E-state index is 8.57. The van der Waals surface area contributed by atoms with Crippen LogP contribution in [0, 0.1) is 6.92 Å². The topological polar surface area (TPSA) is 33.1 Å². The fourth-order valence-corrected chi connectivity index (χ4v) is 1.06. The number of hydrogen-bond donors (Lipinski definition) is 1. The molecule has 66 valence electrons. The zero-order valence-electron chi connectivity index (χ0n) is 7.45. The molecular formula is C10H15NO. The summed E-state index contributed by atoms with van der Waals surface area (Å²) in [4.78, 5) is 4.27. The summed E-state index contributed by atoms with van der Waals surface area (Å²) < 4.78 is 0. The second-order valence-electron chi connectivity index (χ2n) is 3.01. The van der Waals surface area contributed by atoms with E-state index in [2.05, 4.69) is 11.1 Å². The van der Waals surface area contributed by atoms with Crippen LogP contribution in [0.25, 0.3) is 0 Å². The molecule has 1 aromatic rings. The predicted molar refractivity (Wildman–Crippen MR) is 49.0 cm³/mol. The summed E-state index contributed by atoms with van der Waals surface area (Å²) in [5, 5.41) is 8.57. The lowest BCUT2D eigenvalue weighted by molar-refractivity contribution is 0.284. The third-order valence-corrected chi connectivity index (χ3v) is 1.81. The van der Waals surface area contributed by atoms with Gasteiger partial charge in [0.05, 0.1) is 0 Å². The van der Waals surface area contributed by atoms with Crippen LogP contribution in [0.1, 0.15) is 24.1 Å². The lowest BCUT2D eigenvalue weighted by atomic mass is 10.1. The molecule has 0 bridgehead atoms. The van der Waals surface area contributed by atoms with Crippen molar-refractivity contribution in [2.45, 2.75) is 26.2 Å². The highest BCUT2D eigenvalue weighted by atomic mass is 16.2. The zero-order chi connectivity index (χ0) is 8.81. The second-order valence-corrected chi connectivity index (χ2v) is 3.01. The van der Waals surface area contributed by atoms with E-state index in [9.17, 15) is 0 Å². The fourth-order valence-electron chi connectivity index (χ4n) is 1.06. The molecule has 0 aliphatic rings. The molecule has 0 amide bonds. The number of rotatable bonds is 4. The molecule has 0 aromatic carbocycles. The van der Waals surface area contributed by atoms with Gasteiger partial charge in [0.2, 0.25) is 0 Å². The van der Waals surface area contributed by atoms with Crippen LogP contribution in [0.2, 0.25) is 0 Å². The van der Waals surface area contributed by atoms with E-state index in [0.29, 0.717) is 0 Å². The predicted octanol–water partition coefficient (Wildman–Crippen LogP) is 1.71. The van der Waals surface area contributed by atoms with Crippen molar-refractivity contribution in [3.05, 3.63) is 29.6 Å². The Morgan fingerprint density at radius 1 is 1.33 bits per heavy atom. The monoisotopic (exact) mass is 165 g/mol. The van der Waals surface area contributed by atoms with Gasteiger partial charge in [-0.15, -0.1) is 0 Å². The van der Waals surface area contributed by atoms with Gasteiger partial charge < -0.3 is 5.11 Å². The molecule has 2 heteroatoms. The summed E-state index contributed by atoms with van der Waals surface area (Å²) >= 11 is 0. The fraction of sp³-hybridized carbons (Fsp3) is 0.500. The van der Waals surface area contributed by atoms with E-state index >= 15 is 0 Å². The third kappa shape index (κ3) is 3.01. The van der Waals surface area contributed by atoms with E-state index in [1.807, 2.05) is 19.2 Å². The van der Waals surface area contributed by atoms with Crippen LogP contribution in [0.4, 0.5) is 0 Å². The van der Waals surface area contributed by atoms with Crippen molar-refractivity contribution in [1.82, 2.24) is 4.98 Å². The lowest BCUT2D eigenvalue weighted by Gasteiger charge is -1.99. The van der Waals surface area contributed by atoms with Crippen molar-refractivity contribution >= 4 is 0 Å². The van der Waals surface area contributed by atoms with Gasteiger partial charge in [-0.1, -0.05) is 6.07 Å². The van der Waals surface area contributed by atoms with Gasteiger partial charge >= 0.3 is 0 Å². The van der Waals surface area contributed by atoms with Gasteiger partial charge in [-0.25, -0.2) is 0 Å². The molecule has 12 heavy (non-hydrogen) atoms. The first-order chi connectivity index (χ1) is 5.83. The van der Waals surface area contributed by atoms with E-state index in [1.54, 1.807) is 0 Å². The van der Waals surface area contributed by atoms with E-state index < -0.39 is 0 Å². The standard InChI is InChI=1S/C10H15NO/c1-9-5-6-10(11-8-9)4-2-3-7-12/h5-6,8,12H,2-4,7H2,1H3. The van der Waals surface area contributed by atoms with E-state index in [0.717, 1.165) is 25.0 Å². The lowest BCUT2D eigenvalue weighted by Crippen LogP contribution is -1.91. The van der Waals surface area contributed by atoms with Crippen LogP contribution < -0.4 is 0 Å². The number of nitrogens with zero attached hydrogens (tertiary/aromatic N) is 1. The minimum absolute atomic E-state index is 0.284. The molecule has 0 aliphatic carbocycles. The molecule has 0 aliphatic heterocycles. The summed E-state index contributed by atoms with van der Waals surface area (Å²) in [6.07, 6.45) is 4.75. The molecule has 1 rings (SSSR count). The van der Waals surface area contributed by atoms with Crippen LogP contribution in [0.5, 0.6) is 0 Å². The summed E-state index contributed by atoms with van der Waals surface area (Å²) in [5.41, 5.74) is 2.31. The quantitative estimate of drug-likeness (QED) is 0.689. The minimum Gasteiger partial charge on any atom is -0.396 e. The largest absolute Gasteiger partial charge is 0.396 e. The second kappa shape index (κ2) is 4.88. The number of aliphatic hydroxyl groups excluding tert-OH is 1. The molecule has 0 spiro atoms. The van der Waals surface area contributed by atoms with Crippen LogP contribution in [0.3, 0.4) is 0 Å². The minimum atomic E-state index is 0.284. The maximum Gasteiger partial charge on any atom is 0.0431 e. The van der Waals surface area contributed by atoms with Crippen molar-refractivity contribution < 1.29 is 5.11 Å². The number of aliphatic hydroxyl groups is 1. The summed E-state index contributed by atoms with van der Waals surface area (Å²) in [7, 11) is 0. The Bertz CT molecular complexity index is 218. The molecule has 1 heterocycles. The van der Waals surface area contributed by atoms with Gasteiger partial charge in [-0.3, -0.25) is 4.98 Å². The van der Waals surface area contributed by atoms with E-state index in [4.69, 9.17) is 5.11 Å². The Kier molecular flexibility index (Phi) is 3.74. The van der Waals surface area contributed by atoms with Gasteiger partial charge in [-0.2, -0.15) is 0 Å². The number of unbranched alkanes of at least 4 members (excludes halogenated alkanes) is 1. The Morgan fingerprint density at radius 3 is 2.75 bits per heavy atom. The number of pyridine rings is 1. The Labute approximate surface area is 73.3 Å². The first kappa shape index (κ1) is 9.20. The third-order valence-electron chi connectivity index (χ3n) is 1.81. The molecule has 0 fully saturated rings. The van der Waals surface area contributed by atoms with Crippen molar-refractivity contribution in [1.29, 1.82) is 0 Å². The molecule has 0 unspecified atom stereocenters. The molecule has 1 N–H and O–H groups in total. The number of aryl methyl sites for hydroxylation is 2. The van der Waals surface area contributed by atoms with Crippen molar-refractivity contribution in [2.75, 3.05) is 6.61 Å². The average molecular weight is 165 g/mol. The summed E-state index contributed by atoms with van der Waals surface area (Å²) in [5.74, 6) is 0. The molecule has 1 aromatic heterocycles. The van der Waals surface area contributed by atoms with Gasteiger partial charge in [0.1, 0.15) is 0 Å². The van der Waals surface area contributed by atoms with Crippen LogP contribution in [-0.2, 0) is 6.42 Å². The smallest absolute Gasteiger partial charge is 0.0431 e. The van der Waals surface area contributed by atoms with Crippen molar-refractivity contribution in [3.63, 3.8) is 0 Å². The Morgan fingerprint density at radius 2 is 2.17 bits per heavy atom. The first-order valence-corrected chi connectivity index (χ1v) is 4.35. The molecule has 0 saturated heterocycles. The van der Waals surface area contributed by atoms with Gasteiger partial charge in [0.15, 0.2) is 0 Å². The Balaban J connectivity index is 2.37. The molecular weight excluding hydrogens is 150 g/mol. The molecule has 0 radical (unpaired) electrons. The molecule has 2 nitrogen and oxygen atoms in total. The average Bonchev–Trinajstić information content (AvgIpc) is 2.09. The highest BCUT2D eigenvalue weighted by Crippen LogP contribution is 2.02. The zero-order valence-corrected chi connectivity index (χ0v) is 7.45. The number of hydrogen-bond acceptors (Lipinski definition) is 2. The normalized spacial score (nSPS) is 10.2. The SMILES string of the molecule is Cc1ccc(CCCCO)nc1. The van der Waals surface area contributed by atoms with Crippen molar-refractivity contribution in [2.24, 2.45) is 0 Å². The summed E-state index contributed by atoms with van der Waals surface area (Å²) in [6.45, 7) is 2.32. The van der Waals surface area contributed by atoms with E-state index in [1.165, 1.54) is 5.56 Å². The van der Waals surface area contributed by atoms with Gasteiger partial charge in [-0.05, 0) is 37.8 Å². The first-order valence-electron chi connectivity index (χ1n) is 4.35. The van der Waals surface area contributed by atoms with Gasteiger partial charge in [0.25, 0.3) is 0 Å². The molecule has 0 saturated carbocycles. The van der Waals surface area contributed by atoms with Crippen LogP contribution >= 0.6 is 0 Å². The van der Waals surface area contributed by atoms with E-state index in [-0.39, 0.29) is 6.61 Å². The molecule has 0 atom stereocenters. The van der Waals surface area contributed by atoms with Gasteiger partial charge in [0, 0.05) is 18.5 Å². The van der Waals surface area contributed by atoms with Crippen LogP contribution in [-0.4, -0.2) is 16.7 Å². The number of aromatic nitrogens is 1. The van der Waals surface area contributed by atoms with Crippen LogP contribution in [0.15, 0.2) is 18.3 Å². The highest BCUT2D eigenvalue weighted by Gasteiger charge is 1.93. The highest BCUT2D eigenvalue weighted by molar-refractivity contribution is 5.12. The Hall–Kier alpha value is -0.890. The maximum absolute atomic E-state index is 8.57. The van der Waals surface area contributed by atoms with Crippen molar-refractivity contribution in [3.8, 4) is 0 Å². The summed E-state index contributed by atoms with van der Waals surface area (Å²) in [6, 6.07) is 4.12.